The van der Waals surface area contributed by atoms with Crippen molar-refractivity contribution in [3.05, 3.63) is 68.7 Å². The SMILES string of the molecule is O=CNOCc1ccc(N2CCN(C(=O)c3cc([N+](=O)[O-])ccc3Cl)CC2)cc1. The van der Waals surface area contributed by atoms with Gasteiger partial charge in [0.05, 0.1) is 22.1 Å². The molecule has 152 valence electrons. The van der Waals surface area contributed by atoms with Crippen LogP contribution in [0.1, 0.15) is 15.9 Å². The van der Waals surface area contributed by atoms with E-state index in [1.54, 1.807) is 4.90 Å². The van der Waals surface area contributed by atoms with E-state index in [9.17, 15) is 19.7 Å². The number of carbonyl (C=O) groups is 2. The lowest BCUT2D eigenvalue weighted by molar-refractivity contribution is -0.384. The summed E-state index contributed by atoms with van der Waals surface area (Å²) in [6.45, 7) is 2.48. The van der Waals surface area contributed by atoms with E-state index in [-0.39, 0.29) is 28.8 Å². The summed E-state index contributed by atoms with van der Waals surface area (Å²) in [6.07, 6.45) is 0.468. The van der Waals surface area contributed by atoms with Crippen molar-refractivity contribution in [3.63, 3.8) is 0 Å². The van der Waals surface area contributed by atoms with Gasteiger partial charge in [0, 0.05) is 44.0 Å². The summed E-state index contributed by atoms with van der Waals surface area (Å²) in [4.78, 5) is 42.1. The third-order valence-electron chi connectivity index (χ3n) is 4.63. The van der Waals surface area contributed by atoms with Crippen LogP contribution in [0.2, 0.25) is 5.02 Å². The van der Waals surface area contributed by atoms with Crippen molar-refractivity contribution in [2.24, 2.45) is 0 Å². The summed E-state index contributed by atoms with van der Waals surface area (Å²) < 4.78 is 0. The molecule has 0 spiro atoms. The number of benzene rings is 2. The Morgan fingerprint density at radius 2 is 1.86 bits per heavy atom. The first kappa shape index (κ1) is 20.6. The molecule has 9 nitrogen and oxygen atoms in total. The van der Waals surface area contributed by atoms with Crippen molar-refractivity contribution >= 4 is 35.3 Å². The number of carbonyl (C=O) groups excluding carboxylic acids is 2. The van der Waals surface area contributed by atoms with Gasteiger partial charge >= 0.3 is 0 Å². The number of nitrogens with zero attached hydrogens (tertiary/aromatic N) is 3. The number of hydrogen-bond acceptors (Lipinski definition) is 6. The van der Waals surface area contributed by atoms with Gasteiger partial charge in [0.2, 0.25) is 6.41 Å². The number of hydroxylamine groups is 1. The van der Waals surface area contributed by atoms with Crippen molar-refractivity contribution in [2.75, 3.05) is 31.1 Å². The first-order valence-corrected chi connectivity index (χ1v) is 9.25. The number of non-ortho nitro benzene ring substituents is 1. The number of anilines is 1. The second-order valence-corrected chi connectivity index (χ2v) is 6.80. The Kier molecular flexibility index (Phi) is 6.63. The van der Waals surface area contributed by atoms with Gasteiger partial charge in [-0.25, -0.2) is 5.48 Å². The number of amides is 2. The monoisotopic (exact) mass is 418 g/mol. The highest BCUT2D eigenvalue weighted by Gasteiger charge is 2.25. The lowest BCUT2D eigenvalue weighted by atomic mass is 10.1. The van der Waals surface area contributed by atoms with E-state index in [2.05, 4.69) is 10.4 Å². The fourth-order valence-electron chi connectivity index (χ4n) is 3.09. The molecule has 10 heteroatoms. The number of nitrogens with one attached hydrogen (secondary N) is 1. The van der Waals surface area contributed by atoms with Gasteiger partial charge in [0.25, 0.3) is 11.6 Å². The van der Waals surface area contributed by atoms with Gasteiger partial charge in [-0.3, -0.25) is 24.5 Å². The number of rotatable bonds is 7. The maximum absolute atomic E-state index is 12.8. The average Bonchev–Trinajstić information content (AvgIpc) is 2.74. The summed E-state index contributed by atoms with van der Waals surface area (Å²) in [7, 11) is 0. The highest BCUT2D eigenvalue weighted by molar-refractivity contribution is 6.33. The number of hydrogen-bond donors (Lipinski definition) is 1. The molecule has 0 aliphatic carbocycles. The first-order valence-electron chi connectivity index (χ1n) is 8.87. The fraction of sp³-hybridized carbons (Fsp3) is 0.263. The third-order valence-corrected chi connectivity index (χ3v) is 4.96. The van der Waals surface area contributed by atoms with Crippen LogP contribution in [0.25, 0.3) is 0 Å². The van der Waals surface area contributed by atoms with Gasteiger partial charge in [-0.1, -0.05) is 23.7 Å². The zero-order valence-electron chi connectivity index (χ0n) is 15.4. The largest absolute Gasteiger partial charge is 0.368 e. The molecule has 0 radical (unpaired) electrons. The Morgan fingerprint density at radius 1 is 1.17 bits per heavy atom. The molecule has 2 amide bonds. The van der Waals surface area contributed by atoms with Gasteiger partial charge in [0.15, 0.2) is 0 Å². The minimum Gasteiger partial charge on any atom is -0.368 e. The Hall–Kier alpha value is -3.17. The summed E-state index contributed by atoms with van der Waals surface area (Å²) in [5.41, 5.74) is 4.05. The molecule has 0 saturated carbocycles. The second-order valence-electron chi connectivity index (χ2n) is 6.39. The lowest BCUT2D eigenvalue weighted by Crippen LogP contribution is -2.48. The molecule has 1 fully saturated rings. The highest BCUT2D eigenvalue weighted by atomic mass is 35.5. The molecule has 1 aliphatic rings. The molecular weight excluding hydrogens is 400 g/mol. The average molecular weight is 419 g/mol. The zero-order chi connectivity index (χ0) is 20.8. The molecule has 1 aliphatic heterocycles. The van der Waals surface area contributed by atoms with Gasteiger partial charge in [-0.15, -0.1) is 0 Å². The minimum atomic E-state index is -0.547. The fourth-order valence-corrected chi connectivity index (χ4v) is 3.29. The van der Waals surface area contributed by atoms with Crippen LogP contribution in [-0.4, -0.2) is 48.3 Å². The van der Waals surface area contributed by atoms with Gasteiger partial charge in [0.1, 0.15) is 0 Å². The highest BCUT2D eigenvalue weighted by Crippen LogP contribution is 2.25. The zero-order valence-corrected chi connectivity index (χ0v) is 16.2. The van der Waals surface area contributed by atoms with Crippen LogP contribution >= 0.6 is 11.6 Å². The predicted molar refractivity (Wildman–Crippen MR) is 107 cm³/mol. The van der Waals surface area contributed by atoms with Crippen LogP contribution in [0.3, 0.4) is 0 Å². The maximum Gasteiger partial charge on any atom is 0.270 e. The van der Waals surface area contributed by atoms with Crippen LogP contribution < -0.4 is 10.4 Å². The number of nitro groups is 1. The molecule has 29 heavy (non-hydrogen) atoms. The second kappa shape index (κ2) is 9.35. The minimum absolute atomic E-state index is 0.141. The van der Waals surface area contributed by atoms with Crippen LogP contribution in [-0.2, 0) is 16.2 Å². The molecule has 1 saturated heterocycles. The molecule has 2 aromatic carbocycles. The van der Waals surface area contributed by atoms with Crippen LogP contribution in [0.15, 0.2) is 42.5 Å². The molecule has 1 heterocycles. The van der Waals surface area contributed by atoms with E-state index >= 15 is 0 Å². The topological polar surface area (TPSA) is 105 Å². The Balaban J connectivity index is 1.60. The quantitative estimate of drug-likeness (QED) is 0.320. The van der Waals surface area contributed by atoms with Crippen molar-refractivity contribution in [3.8, 4) is 0 Å². The van der Waals surface area contributed by atoms with Crippen LogP contribution in [0, 0.1) is 10.1 Å². The molecular formula is C19H19ClN4O5. The summed E-state index contributed by atoms with van der Waals surface area (Å²) in [5.74, 6) is -0.312. The van der Waals surface area contributed by atoms with Crippen molar-refractivity contribution in [1.29, 1.82) is 0 Å². The normalized spacial score (nSPS) is 13.8. The number of piperazine rings is 1. The molecule has 0 atom stereocenters. The van der Waals surface area contributed by atoms with Gasteiger partial charge < -0.3 is 9.80 Å². The Labute approximate surface area is 171 Å². The summed E-state index contributed by atoms with van der Waals surface area (Å²) >= 11 is 6.09. The van der Waals surface area contributed by atoms with Crippen molar-refractivity contribution in [1.82, 2.24) is 10.4 Å². The summed E-state index contributed by atoms with van der Waals surface area (Å²) in [6, 6.07) is 11.6. The molecule has 1 N–H and O–H groups in total. The molecule has 0 unspecified atom stereocenters. The number of nitro benzene ring substituents is 1. The van der Waals surface area contributed by atoms with E-state index in [0.717, 1.165) is 11.3 Å². The van der Waals surface area contributed by atoms with Crippen molar-refractivity contribution < 1.29 is 19.3 Å². The molecule has 2 aromatic rings. The standard InChI is InChI=1S/C19H19ClN4O5/c20-18-6-5-16(24(27)28)11-17(18)19(26)23-9-7-22(8-10-23)15-3-1-14(2-4-15)12-29-21-13-25/h1-6,11,13H,7-10,12H2,(H,21,25). The third kappa shape index (κ3) is 5.01. The predicted octanol–water partition coefficient (Wildman–Crippen LogP) is 2.39. The van der Waals surface area contributed by atoms with Gasteiger partial charge in [-0.05, 0) is 23.8 Å². The van der Waals surface area contributed by atoms with E-state index < -0.39 is 4.92 Å². The lowest BCUT2D eigenvalue weighted by Gasteiger charge is -2.36. The van der Waals surface area contributed by atoms with E-state index in [1.165, 1.54) is 18.2 Å². The van der Waals surface area contributed by atoms with E-state index in [0.29, 0.717) is 32.6 Å². The smallest absolute Gasteiger partial charge is 0.270 e. The number of halogens is 1. The van der Waals surface area contributed by atoms with Crippen LogP contribution in [0.5, 0.6) is 0 Å². The maximum atomic E-state index is 12.8. The van der Waals surface area contributed by atoms with Gasteiger partial charge in [-0.2, -0.15) is 0 Å². The van der Waals surface area contributed by atoms with Crippen molar-refractivity contribution in [2.45, 2.75) is 6.61 Å². The summed E-state index contributed by atoms with van der Waals surface area (Å²) in [5, 5.41) is 11.2. The molecule has 0 bridgehead atoms. The first-order chi connectivity index (χ1) is 14.0. The Morgan fingerprint density at radius 3 is 2.48 bits per heavy atom. The molecule has 3 rings (SSSR count). The van der Waals surface area contributed by atoms with Crippen LogP contribution in [0.4, 0.5) is 11.4 Å². The molecule has 0 aromatic heterocycles. The Bertz CT molecular complexity index is 898. The van der Waals surface area contributed by atoms with E-state index in [1.807, 2.05) is 24.3 Å². The van der Waals surface area contributed by atoms with E-state index in [4.69, 9.17) is 16.4 Å².